The molecule has 0 bridgehead atoms. The Bertz CT molecular complexity index is 274. The van der Waals surface area contributed by atoms with Crippen molar-refractivity contribution in [3.05, 3.63) is 24.1 Å². The number of halogens is 2. The second-order valence-electron chi connectivity index (χ2n) is 3.50. The Morgan fingerprint density at radius 2 is 2.21 bits per heavy atom. The largest absolute Gasteiger partial charge is 0.369 e. The van der Waals surface area contributed by atoms with Crippen LogP contribution in [0.5, 0.6) is 0 Å². The van der Waals surface area contributed by atoms with Crippen LogP contribution in [0, 0.1) is 11.7 Å². The summed E-state index contributed by atoms with van der Waals surface area (Å²) in [5.41, 5.74) is 0. The zero-order valence-electron chi connectivity index (χ0n) is 8.30. The summed E-state index contributed by atoms with van der Waals surface area (Å²) >= 11 is 6.03. The van der Waals surface area contributed by atoms with E-state index in [1.807, 2.05) is 0 Å². The minimum Gasteiger partial charge on any atom is -0.369 e. The van der Waals surface area contributed by atoms with Gasteiger partial charge in [-0.25, -0.2) is 9.37 Å². The lowest BCUT2D eigenvalue weighted by Gasteiger charge is -2.14. The van der Waals surface area contributed by atoms with E-state index in [2.05, 4.69) is 24.1 Å². The molecule has 1 rings (SSSR count). The van der Waals surface area contributed by atoms with Crippen LogP contribution < -0.4 is 5.32 Å². The van der Waals surface area contributed by atoms with Gasteiger partial charge >= 0.3 is 0 Å². The van der Waals surface area contributed by atoms with Crippen LogP contribution in [-0.2, 0) is 0 Å². The molecule has 1 unspecified atom stereocenters. The molecule has 1 atom stereocenters. The van der Waals surface area contributed by atoms with Crippen molar-refractivity contribution < 1.29 is 4.39 Å². The molecule has 1 N–H and O–H groups in total. The molecule has 0 aromatic carbocycles. The highest BCUT2D eigenvalue weighted by Crippen LogP contribution is 2.10. The molecule has 1 aromatic heterocycles. The fourth-order valence-corrected chi connectivity index (χ4v) is 0.995. The molecule has 0 aliphatic carbocycles. The monoisotopic (exact) mass is 216 g/mol. The van der Waals surface area contributed by atoms with E-state index in [1.54, 1.807) is 6.07 Å². The lowest BCUT2D eigenvalue weighted by molar-refractivity contribution is 0.612. The molecule has 78 valence electrons. The summed E-state index contributed by atoms with van der Waals surface area (Å²) in [5, 5.41) is 3.10. The predicted molar refractivity (Wildman–Crippen MR) is 57.2 cm³/mol. The minimum absolute atomic E-state index is 0.0573. The second kappa shape index (κ2) is 5.15. The third-order valence-electron chi connectivity index (χ3n) is 1.93. The summed E-state index contributed by atoms with van der Waals surface area (Å²) < 4.78 is 12.5. The molecular weight excluding hydrogens is 203 g/mol. The fourth-order valence-electron chi connectivity index (χ4n) is 0.918. The van der Waals surface area contributed by atoms with Gasteiger partial charge in [0.2, 0.25) is 0 Å². The molecule has 14 heavy (non-hydrogen) atoms. The van der Waals surface area contributed by atoms with Crippen molar-refractivity contribution in [2.24, 2.45) is 5.92 Å². The highest BCUT2D eigenvalue weighted by atomic mass is 35.5. The van der Waals surface area contributed by atoms with Gasteiger partial charge in [0, 0.05) is 6.54 Å². The van der Waals surface area contributed by atoms with Crippen LogP contribution in [0.15, 0.2) is 18.3 Å². The zero-order chi connectivity index (χ0) is 10.6. The van der Waals surface area contributed by atoms with E-state index in [1.165, 1.54) is 12.3 Å². The highest BCUT2D eigenvalue weighted by molar-refractivity contribution is 6.21. The number of hydrogen-bond donors (Lipinski definition) is 1. The second-order valence-corrected chi connectivity index (χ2v) is 4.06. The van der Waals surface area contributed by atoms with Crippen LogP contribution in [0.2, 0.25) is 0 Å². The summed E-state index contributed by atoms with van der Waals surface area (Å²) in [6, 6.07) is 2.97. The zero-order valence-corrected chi connectivity index (χ0v) is 9.05. The van der Waals surface area contributed by atoms with Crippen molar-refractivity contribution in [3.63, 3.8) is 0 Å². The molecule has 0 fully saturated rings. The van der Waals surface area contributed by atoms with Crippen molar-refractivity contribution in [1.29, 1.82) is 0 Å². The smallest absolute Gasteiger partial charge is 0.141 e. The summed E-state index contributed by atoms with van der Waals surface area (Å²) in [5.74, 6) is 0.726. The predicted octanol–water partition coefficient (Wildman–Crippen LogP) is 2.90. The number of hydrogen-bond acceptors (Lipinski definition) is 2. The first-order valence-corrected chi connectivity index (χ1v) is 5.02. The number of pyridine rings is 1. The molecule has 0 spiro atoms. The molecule has 4 heteroatoms. The van der Waals surface area contributed by atoms with Gasteiger partial charge in [-0.05, 0) is 18.1 Å². The quantitative estimate of drug-likeness (QED) is 0.783. The molecule has 0 aliphatic rings. The van der Waals surface area contributed by atoms with Gasteiger partial charge in [0.25, 0.3) is 0 Å². The van der Waals surface area contributed by atoms with Gasteiger partial charge in [-0.2, -0.15) is 0 Å². The van der Waals surface area contributed by atoms with Gasteiger partial charge < -0.3 is 5.32 Å². The summed E-state index contributed by atoms with van der Waals surface area (Å²) in [4.78, 5) is 3.86. The first-order chi connectivity index (χ1) is 6.59. The first-order valence-electron chi connectivity index (χ1n) is 4.59. The van der Waals surface area contributed by atoms with Gasteiger partial charge in [0.15, 0.2) is 0 Å². The fraction of sp³-hybridized carbons (Fsp3) is 0.500. The summed E-state index contributed by atoms with van der Waals surface area (Å²) in [6.45, 7) is 4.74. The number of aromatic nitrogens is 1. The van der Waals surface area contributed by atoms with Crippen LogP contribution >= 0.6 is 11.6 Å². The van der Waals surface area contributed by atoms with Crippen molar-refractivity contribution in [2.45, 2.75) is 19.2 Å². The maximum Gasteiger partial charge on any atom is 0.141 e. The number of alkyl halides is 1. The normalized spacial score (nSPS) is 12.9. The maximum absolute atomic E-state index is 12.5. The van der Waals surface area contributed by atoms with Crippen LogP contribution in [0.4, 0.5) is 10.2 Å². The lowest BCUT2D eigenvalue weighted by Crippen LogP contribution is -2.19. The van der Waals surface area contributed by atoms with Crippen molar-refractivity contribution in [1.82, 2.24) is 4.98 Å². The number of nitrogens with one attached hydrogen (secondary N) is 1. The molecule has 1 aromatic rings. The Morgan fingerprint density at radius 1 is 1.50 bits per heavy atom. The third-order valence-corrected chi connectivity index (χ3v) is 2.59. The van der Waals surface area contributed by atoms with E-state index < -0.39 is 0 Å². The van der Waals surface area contributed by atoms with Gasteiger partial charge in [-0.15, -0.1) is 11.6 Å². The number of anilines is 1. The van der Waals surface area contributed by atoms with Crippen LogP contribution in [0.3, 0.4) is 0 Å². The summed E-state index contributed by atoms with van der Waals surface area (Å²) in [6.07, 6.45) is 1.18. The van der Waals surface area contributed by atoms with E-state index in [-0.39, 0.29) is 11.2 Å². The van der Waals surface area contributed by atoms with E-state index in [0.717, 1.165) is 0 Å². The average molecular weight is 217 g/mol. The topological polar surface area (TPSA) is 24.9 Å². The van der Waals surface area contributed by atoms with Gasteiger partial charge in [0.1, 0.15) is 11.6 Å². The highest BCUT2D eigenvalue weighted by Gasteiger charge is 2.08. The molecule has 0 radical (unpaired) electrons. The maximum atomic E-state index is 12.5. The Balaban J connectivity index is 2.42. The molecule has 0 aliphatic heterocycles. The first kappa shape index (κ1) is 11.2. The molecule has 0 saturated heterocycles. The Kier molecular flexibility index (Phi) is 4.14. The molecule has 0 saturated carbocycles. The van der Waals surface area contributed by atoms with Crippen LogP contribution in [0.1, 0.15) is 13.8 Å². The Hall–Kier alpha value is -0.830. The Morgan fingerprint density at radius 3 is 2.71 bits per heavy atom. The van der Waals surface area contributed by atoms with Crippen molar-refractivity contribution in [3.8, 4) is 0 Å². The van der Waals surface area contributed by atoms with Crippen molar-refractivity contribution in [2.75, 3.05) is 11.9 Å². The van der Waals surface area contributed by atoms with E-state index in [0.29, 0.717) is 18.3 Å². The van der Waals surface area contributed by atoms with Gasteiger partial charge in [-0.1, -0.05) is 13.8 Å². The molecule has 1 heterocycles. The number of nitrogens with zero attached hydrogens (tertiary/aromatic N) is 1. The van der Waals surface area contributed by atoms with E-state index in [4.69, 9.17) is 11.6 Å². The van der Waals surface area contributed by atoms with Crippen LogP contribution in [0.25, 0.3) is 0 Å². The van der Waals surface area contributed by atoms with Crippen molar-refractivity contribution >= 4 is 17.4 Å². The van der Waals surface area contributed by atoms with Gasteiger partial charge in [0.05, 0.1) is 11.6 Å². The average Bonchev–Trinajstić information content (AvgIpc) is 2.16. The minimum atomic E-state index is -0.332. The molecular formula is C10H14ClFN2. The summed E-state index contributed by atoms with van der Waals surface area (Å²) in [7, 11) is 0. The standard InChI is InChI=1S/C10H14ClFN2/c1-7(2)9(11)6-14-10-4-3-8(12)5-13-10/h3-5,7,9H,6H2,1-2H3,(H,13,14). The third kappa shape index (κ3) is 3.50. The molecule has 0 amide bonds. The van der Waals surface area contributed by atoms with Gasteiger partial charge in [-0.3, -0.25) is 0 Å². The SMILES string of the molecule is CC(C)C(Cl)CNc1ccc(F)cn1. The molecule has 2 nitrogen and oxygen atoms in total. The lowest BCUT2D eigenvalue weighted by atomic mass is 10.1. The van der Waals surface area contributed by atoms with Crippen LogP contribution in [-0.4, -0.2) is 16.9 Å². The number of rotatable bonds is 4. The van der Waals surface area contributed by atoms with E-state index >= 15 is 0 Å². The van der Waals surface area contributed by atoms with E-state index in [9.17, 15) is 4.39 Å². The Labute approximate surface area is 88.5 Å².